The van der Waals surface area contributed by atoms with Crippen molar-refractivity contribution < 1.29 is 21.6 Å². The molecule has 1 aliphatic rings. The van der Waals surface area contributed by atoms with E-state index in [2.05, 4.69) is 10.0 Å². The molecule has 3 rings (SSSR count). The van der Waals surface area contributed by atoms with Crippen LogP contribution in [-0.4, -0.2) is 8.42 Å². The van der Waals surface area contributed by atoms with Crippen LogP contribution in [0.25, 0.3) is 0 Å². The Kier molecular flexibility index (Phi) is 4.37. The molecule has 1 aliphatic heterocycles. The van der Waals surface area contributed by atoms with E-state index < -0.39 is 21.8 Å². The molecule has 0 aromatic heterocycles. The molecule has 0 aliphatic carbocycles. The first-order valence-electron chi connectivity index (χ1n) is 7.24. The van der Waals surface area contributed by atoms with E-state index in [0.717, 1.165) is 48.5 Å². The van der Waals surface area contributed by atoms with Crippen LogP contribution in [0.5, 0.6) is 0 Å². The van der Waals surface area contributed by atoms with Crippen LogP contribution in [0.1, 0.15) is 22.3 Å². The molecule has 24 heavy (non-hydrogen) atoms. The lowest BCUT2D eigenvalue weighted by Gasteiger charge is -2.10. The Balaban J connectivity index is 1.72. The Morgan fingerprint density at radius 3 is 2.33 bits per heavy atom. The zero-order valence-electron chi connectivity index (χ0n) is 12.5. The van der Waals surface area contributed by atoms with E-state index in [1.165, 1.54) is 5.56 Å². The lowest BCUT2D eigenvalue weighted by Crippen LogP contribution is -2.23. The number of fused-ring (bicyclic) bond motifs is 1. The molecule has 0 unspecified atom stereocenters. The SMILES string of the molecule is O=S(=O)(NCc1ccc2c(c1)CNC2)c1ccc(C(F)(F)F)cc1. The van der Waals surface area contributed by atoms with Gasteiger partial charge in [0.25, 0.3) is 0 Å². The van der Waals surface area contributed by atoms with Crippen LogP contribution in [-0.2, 0) is 35.8 Å². The minimum absolute atomic E-state index is 0.0800. The van der Waals surface area contributed by atoms with E-state index in [9.17, 15) is 21.6 Å². The highest BCUT2D eigenvalue weighted by molar-refractivity contribution is 7.89. The van der Waals surface area contributed by atoms with Gasteiger partial charge >= 0.3 is 6.18 Å². The lowest BCUT2D eigenvalue weighted by atomic mass is 10.1. The van der Waals surface area contributed by atoms with Gasteiger partial charge in [-0.15, -0.1) is 0 Å². The third-order valence-electron chi connectivity index (χ3n) is 3.86. The maximum absolute atomic E-state index is 12.5. The highest BCUT2D eigenvalue weighted by Crippen LogP contribution is 2.29. The average Bonchev–Trinajstić information content (AvgIpc) is 3.00. The first-order valence-corrected chi connectivity index (χ1v) is 8.72. The van der Waals surface area contributed by atoms with E-state index >= 15 is 0 Å². The lowest BCUT2D eigenvalue weighted by molar-refractivity contribution is -0.137. The van der Waals surface area contributed by atoms with Crippen molar-refractivity contribution in [2.24, 2.45) is 0 Å². The fourth-order valence-corrected chi connectivity index (χ4v) is 3.56. The molecule has 8 heteroatoms. The van der Waals surface area contributed by atoms with E-state index in [1.54, 1.807) is 0 Å². The second-order valence-electron chi connectivity index (χ2n) is 5.55. The van der Waals surface area contributed by atoms with Gasteiger partial charge in [0, 0.05) is 19.6 Å². The summed E-state index contributed by atoms with van der Waals surface area (Å²) in [6.07, 6.45) is -4.49. The van der Waals surface area contributed by atoms with Crippen molar-refractivity contribution in [2.45, 2.75) is 30.7 Å². The number of hydrogen-bond donors (Lipinski definition) is 2. The van der Waals surface area contributed by atoms with Crippen molar-refractivity contribution >= 4 is 10.0 Å². The molecular formula is C16H15F3N2O2S. The first-order chi connectivity index (χ1) is 11.3. The van der Waals surface area contributed by atoms with Crippen molar-refractivity contribution in [3.8, 4) is 0 Å². The quantitative estimate of drug-likeness (QED) is 0.886. The van der Waals surface area contributed by atoms with Gasteiger partial charge in [0.15, 0.2) is 0 Å². The second kappa shape index (κ2) is 6.19. The van der Waals surface area contributed by atoms with E-state index in [1.807, 2.05) is 18.2 Å². The Labute approximate surface area is 137 Å². The molecule has 0 radical (unpaired) electrons. The van der Waals surface area contributed by atoms with Gasteiger partial charge in [-0.1, -0.05) is 18.2 Å². The molecule has 128 valence electrons. The van der Waals surface area contributed by atoms with Crippen molar-refractivity contribution in [2.75, 3.05) is 0 Å². The van der Waals surface area contributed by atoms with E-state index in [-0.39, 0.29) is 11.4 Å². The summed E-state index contributed by atoms with van der Waals surface area (Å²) in [7, 11) is -3.87. The van der Waals surface area contributed by atoms with Crippen LogP contribution < -0.4 is 10.0 Å². The maximum atomic E-state index is 12.5. The van der Waals surface area contributed by atoms with Crippen molar-refractivity contribution in [3.05, 3.63) is 64.7 Å². The van der Waals surface area contributed by atoms with Gasteiger partial charge in [-0.3, -0.25) is 0 Å². The summed E-state index contributed by atoms with van der Waals surface area (Å²) in [6, 6.07) is 9.13. The number of halogens is 3. The number of rotatable bonds is 4. The van der Waals surface area contributed by atoms with Gasteiger partial charge in [0.05, 0.1) is 10.5 Å². The summed E-state index contributed by atoms with van der Waals surface area (Å²) in [5.74, 6) is 0. The molecule has 0 saturated carbocycles. The fourth-order valence-electron chi connectivity index (χ4n) is 2.54. The molecule has 2 aromatic carbocycles. The van der Waals surface area contributed by atoms with Gasteiger partial charge in [0.1, 0.15) is 0 Å². The molecule has 2 N–H and O–H groups in total. The Bertz CT molecular complexity index is 847. The highest BCUT2D eigenvalue weighted by Gasteiger charge is 2.30. The largest absolute Gasteiger partial charge is 0.416 e. The molecule has 0 atom stereocenters. The fraction of sp³-hybridized carbons (Fsp3) is 0.250. The standard InChI is InChI=1S/C16H15F3N2O2S/c17-16(18,19)14-3-5-15(6-4-14)24(22,23)21-8-11-1-2-12-9-20-10-13(12)7-11/h1-7,20-21H,8-10H2. The monoisotopic (exact) mass is 356 g/mol. The van der Waals surface area contributed by atoms with E-state index in [0.29, 0.717) is 0 Å². The summed E-state index contributed by atoms with van der Waals surface area (Å²) in [5, 5.41) is 3.20. The topological polar surface area (TPSA) is 58.2 Å². The molecule has 0 saturated heterocycles. The van der Waals surface area contributed by atoms with Crippen LogP contribution >= 0.6 is 0 Å². The van der Waals surface area contributed by atoms with Crippen molar-refractivity contribution in [3.63, 3.8) is 0 Å². The molecule has 2 aromatic rings. The van der Waals surface area contributed by atoms with Crippen LogP contribution in [0.2, 0.25) is 0 Å². The zero-order chi connectivity index (χ0) is 17.4. The highest BCUT2D eigenvalue weighted by atomic mass is 32.2. The predicted molar refractivity (Wildman–Crippen MR) is 82.5 cm³/mol. The van der Waals surface area contributed by atoms with Gasteiger partial charge < -0.3 is 5.32 Å². The third-order valence-corrected chi connectivity index (χ3v) is 5.28. The molecule has 1 heterocycles. The minimum Gasteiger partial charge on any atom is -0.309 e. The molecule has 0 fully saturated rings. The third kappa shape index (κ3) is 3.61. The molecule has 4 nitrogen and oxygen atoms in total. The maximum Gasteiger partial charge on any atom is 0.416 e. The van der Waals surface area contributed by atoms with Crippen molar-refractivity contribution in [1.82, 2.24) is 10.0 Å². The van der Waals surface area contributed by atoms with Gasteiger partial charge in [-0.25, -0.2) is 13.1 Å². The van der Waals surface area contributed by atoms with Gasteiger partial charge in [-0.2, -0.15) is 13.2 Å². The van der Waals surface area contributed by atoms with Gasteiger partial charge in [-0.05, 0) is 41.0 Å². The molecule has 0 amide bonds. The first kappa shape index (κ1) is 16.9. The predicted octanol–water partition coefficient (Wildman–Crippen LogP) is 2.79. The number of hydrogen-bond acceptors (Lipinski definition) is 3. The molecule has 0 bridgehead atoms. The Morgan fingerprint density at radius 1 is 1.00 bits per heavy atom. The number of sulfonamides is 1. The van der Waals surface area contributed by atoms with Crippen LogP contribution in [0.15, 0.2) is 47.4 Å². The Hall–Kier alpha value is -1.90. The Morgan fingerprint density at radius 2 is 1.67 bits per heavy atom. The number of alkyl halides is 3. The van der Waals surface area contributed by atoms with E-state index in [4.69, 9.17) is 0 Å². The summed E-state index contributed by atoms with van der Waals surface area (Å²) in [5.41, 5.74) is 2.23. The summed E-state index contributed by atoms with van der Waals surface area (Å²) in [4.78, 5) is -0.196. The number of nitrogens with one attached hydrogen (secondary N) is 2. The zero-order valence-corrected chi connectivity index (χ0v) is 13.3. The van der Waals surface area contributed by atoms with Crippen molar-refractivity contribution in [1.29, 1.82) is 0 Å². The smallest absolute Gasteiger partial charge is 0.309 e. The average molecular weight is 356 g/mol. The van der Waals surface area contributed by atoms with Gasteiger partial charge in [0.2, 0.25) is 10.0 Å². The summed E-state index contributed by atoms with van der Waals surface area (Å²) < 4.78 is 64.4. The molecule has 0 spiro atoms. The normalized spacial score (nSPS) is 14.6. The number of benzene rings is 2. The molecular weight excluding hydrogens is 341 g/mol. The van der Waals surface area contributed by atoms with Crippen LogP contribution in [0, 0.1) is 0 Å². The summed E-state index contributed by atoms with van der Waals surface area (Å²) >= 11 is 0. The minimum atomic E-state index is -4.49. The second-order valence-corrected chi connectivity index (χ2v) is 7.32. The van der Waals surface area contributed by atoms with Crippen LogP contribution in [0.3, 0.4) is 0 Å². The van der Waals surface area contributed by atoms with Crippen LogP contribution in [0.4, 0.5) is 13.2 Å². The summed E-state index contributed by atoms with van der Waals surface area (Å²) in [6.45, 7) is 1.62.